The lowest BCUT2D eigenvalue weighted by atomic mass is 9.85. The molecule has 4 atom stereocenters. The van der Waals surface area contributed by atoms with Gasteiger partial charge in [-0.1, -0.05) is 26.0 Å². The first kappa shape index (κ1) is 21.0. The second kappa shape index (κ2) is 9.42. The van der Waals surface area contributed by atoms with E-state index in [1.165, 1.54) is 0 Å². The van der Waals surface area contributed by atoms with E-state index in [2.05, 4.69) is 17.5 Å². The number of carbonyl (C=O) groups excluding carboxylic acids is 1. The summed E-state index contributed by atoms with van der Waals surface area (Å²) in [5, 5.41) is 23.6. The van der Waals surface area contributed by atoms with Crippen LogP contribution in [-0.2, 0) is 4.74 Å². The number of allylic oxidation sites excluding steroid dienone is 2. The first-order valence-corrected chi connectivity index (χ1v) is 9.09. The summed E-state index contributed by atoms with van der Waals surface area (Å²) in [5.41, 5.74) is -0.594. The zero-order valence-electron chi connectivity index (χ0n) is 15.8. The van der Waals surface area contributed by atoms with E-state index in [1.807, 2.05) is 13.8 Å². The number of hydrogen-bond donors (Lipinski definition) is 3. The average Bonchev–Trinajstić information content (AvgIpc) is 2.44. The van der Waals surface area contributed by atoms with Gasteiger partial charge in [0.25, 0.3) is 0 Å². The molecule has 0 aromatic carbocycles. The number of carbonyl (C=O) groups is 1. The van der Waals surface area contributed by atoms with Crippen LogP contribution in [0.4, 0.5) is 4.79 Å². The fraction of sp³-hybridized carbons (Fsp3) is 0.842. The highest BCUT2D eigenvalue weighted by atomic mass is 16.6. The molecule has 140 valence electrons. The van der Waals surface area contributed by atoms with Crippen molar-refractivity contribution < 1.29 is 19.7 Å². The van der Waals surface area contributed by atoms with Gasteiger partial charge in [0.1, 0.15) is 11.7 Å². The van der Waals surface area contributed by atoms with E-state index in [0.717, 1.165) is 19.3 Å². The fourth-order valence-corrected chi connectivity index (χ4v) is 3.06. The van der Waals surface area contributed by atoms with Crippen LogP contribution in [0.15, 0.2) is 12.2 Å². The Balaban J connectivity index is 2.73. The third-order valence-corrected chi connectivity index (χ3v) is 4.19. The predicted octanol–water partition coefficient (Wildman–Crippen LogP) is 3.39. The molecule has 1 unspecified atom stereocenters. The third kappa shape index (κ3) is 8.15. The third-order valence-electron chi connectivity index (χ3n) is 4.19. The topological polar surface area (TPSA) is 78.8 Å². The molecule has 0 saturated heterocycles. The molecule has 0 bridgehead atoms. The molecule has 0 radical (unpaired) electrons. The zero-order chi connectivity index (χ0) is 18.3. The number of alkyl carbamates (subject to hydrolysis) is 1. The van der Waals surface area contributed by atoms with Gasteiger partial charge >= 0.3 is 6.09 Å². The van der Waals surface area contributed by atoms with Gasteiger partial charge in [-0.2, -0.15) is 0 Å². The number of nitrogens with one attached hydrogen (secondary N) is 1. The Morgan fingerprint density at radius 2 is 1.96 bits per heavy atom. The summed E-state index contributed by atoms with van der Waals surface area (Å²) in [6.45, 7) is 9.41. The molecule has 0 saturated carbocycles. The number of aliphatic hydroxyl groups excluding tert-OH is 2. The Kier molecular flexibility index (Phi) is 8.23. The van der Waals surface area contributed by atoms with E-state index < -0.39 is 29.9 Å². The van der Waals surface area contributed by atoms with Gasteiger partial charge in [0.15, 0.2) is 0 Å². The maximum absolute atomic E-state index is 12.1. The largest absolute Gasteiger partial charge is 0.444 e. The Labute approximate surface area is 146 Å². The smallest absolute Gasteiger partial charge is 0.407 e. The average molecular weight is 341 g/mol. The highest BCUT2D eigenvalue weighted by Gasteiger charge is 2.31. The molecule has 3 N–H and O–H groups in total. The van der Waals surface area contributed by atoms with Crippen molar-refractivity contribution in [2.24, 2.45) is 11.8 Å². The monoisotopic (exact) mass is 341 g/mol. The van der Waals surface area contributed by atoms with Crippen molar-refractivity contribution in [3.8, 4) is 0 Å². The van der Waals surface area contributed by atoms with Gasteiger partial charge in [0, 0.05) is 0 Å². The molecular weight excluding hydrogens is 306 g/mol. The van der Waals surface area contributed by atoms with Crippen molar-refractivity contribution in [3.05, 3.63) is 12.2 Å². The summed E-state index contributed by atoms with van der Waals surface area (Å²) in [7, 11) is 0. The zero-order valence-corrected chi connectivity index (χ0v) is 15.8. The van der Waals surface area contributed by atoms with Crippen molar-refractivity contribution >= 4 is 6.09 Å². The van der Waals surface area contributed by atoms with E-state index in [1.54, 1.807) is 20.8 Å². The lowest BCUT2D eigenvalue weighted by molar-refractivity contribution is -0.0225. The molecule has 1 aliphatic rings. The maximum Gasteiger partial charge on any atom is 0.407 e. The van der Waals surface area contributed by atoms with Crippen LogP contribution in [-0.4, -0.2) is 40.2 Å². The Morgan fingerprint density at radius 1 is 1.29 bits per heavy atom. The fourth-order valence-electron chi connectivity index (χ4n) is 3.06. The molecule has 0 aromatic heterocycles. The minimum atomic E-state index is -0.995. The Bertz CT molecular complexity index is 414. The molecule has 0 aliphatic heterocycles. The summed E-state index contributed by atoms with van der Waals surface area (Å²) in [5.74, 6) is 0.672. The minimum Gasteiger partial charge on any atom is -0.444 e. The number of ether oxygens (including phenoxy) is 1. The Morgan fingerprint density at radius 3 is 2.46 bits per heavy atom. The van der Waals surface area contributed by atoms with Gasteiger partial charge in [-0.3, -0.25) is 0 Å². The van der Waals surface area contributed by atoms with Crippen LogP contribution in [0.1, 0.15) is 66.7 Å². The molecule has 0 aromatic rings. The van der Waals surface area contributed by atoms with E-state index in [9.17, 15) is 15.0 Å². The maximum atomic E-state index is 12.1. The number of hydrogen-bond acceptors (Lipinski definition) is 4. The van der Waals surface area contributed by atoms with Crippen LogP contribution >= 0.6 is 0 Å². The van der Waals surface area contributed by atoms with Crippen LogP contribution < -0.4 is 5.32 Å². The SMILES string of the molecule is CC(C)C[C@H](O)[C@H](O)[C@H](CC1CC=CCC1)NC(=O)OC(C)(C)C. The summed E-state index contributed by atoms with van der Waals surface area (Å²) < 4.78 is 5.31. The molecule has 1 rings (SSSR count). The van der Waals surface area contributed by atoms with Crippen molar-refractivity contribution in [1.29, 1.82) is 0 Å². The standard InChI is InChI=1S/C19H35NO4/c1-13(2)11-16(21)17(22)15(12-14-9-7-6-8-10-14)20-18(23)24-19(3,4)5/h6-7,13-17,21-22H,8-12H2,1-5H3,(H,20,23)/t14?,15-,16-,17+/m0/s1. The van der Waals surface area contributed by atoms with Crippen LogP contribution in [0.2, 0.25) is 0 Å². The van der Waals surface area contributed by atoms with E-state index in [0.29, 0.717) is 18.8 Å². The molecular formula is C19H35NO4. The highest BCUT2D eigenvalue weighted by molar-refractivity contribution is 5.68. The molecule has 5 nitrogen and oxygen atoms in total. The van der Waals surface area contributed by atoms with E-state index >= 15 is 0 Å². The highest BCUT2D eigenvalue weighted by Crippen LogP contribution is 2.25. The van der Waals surface area contributed by atoms with Crippen molar-refractivity contribution in [2.45, 2.75) is 90.6 Å². The van der Waals surface area contributed by atoms with E-state index in [4.69, 9.17) is 4.74 Å². The van der Waals surface area contributed by atoms with Gasteiger partial charge < -0.3 is 20.3 Å². The second-order valence-electron chi connectivity index (χ2n) is 8.33. The molecule has 24 heavy (non-hydrogen) atoms. The summed E-state index contributed by atoms with van der Waals surface area (Å²) in [6.07, 6.45) is 6.05. The van der Waals surface area contributed by atoms with Gasteiger partial charge in [-0.25, -0.2) is 4.79 Å². The quantitative estimate of drug-likeness (QED) is 0.620. The molecule has 1 amide bonds. The summed E-state index contributed by atoms with van der Waals surface area (Å²) in [4.78, 5) is 12.1. The lowest BCUT2D eigenvalue weighted by Gasteiger charge is -2.32. The van der Waals surface area contributed by atoms with Crippen LogP contribution in [0, 0.1) is 11.8 Å². The molecule has 0 fully saturated rings. The van der Waals surface area contributed by atoms with Crippen molar-refractivity contribution in [3.63, 3.8) is 0 Å². The van der Waals surface area contributed by atoms with Crippen LogP contribution in [0.3, 0.4) is 0 Å². The number of rotatable bonds is 7. The molecule has 0 heterocycles. The Hall–Kier alpha value is -1.07. The number of aliphatic hydroxyl groups is 2. The first-order chi connectivity index (χ1) is 11.1. The van der Waals surface area contributed by atoms with Crippen LogP contribution in [0.25, 0.3) is 0 Å². The van der Waals surface area contributed by atoms with Gasteiger partial charge in [0.05, 0.1) is 12.1 Å². The first-order valence-electron chi connectivity index (χ1n) is 9.09. The van der Waals surface area contributed by atoms with Crippen LogP contribution in [0.5, 0.6) is 0 Å². The van der Waals surface area contributed by atoms with Gasteiger partial charge in [-0.05, 0) is 64.7 Å². The van der Waals surface area contributed by atoms with Gasteiger partial charge in [-0.15, -0.1) is 0 Å². The predicted molar refractivity (Wildman–Crippen MR) is 95.7 cm³/mol. The second-order valence-corrected chi connectivity index (χ2v) is 8.33. The van der Waals surface area contributed by atoms with Crippen molar-refractivity contribution in [1.82, 2.24) is 5.32 Å². The van der Waals surface area contributed by atoms with Gasteiger partial charge in [0.2, 0.25) is 0 Å². The number of amides is 1. The summed E-state index contributed by atoms with van der Waals surface area (Å²) >= 11 is 0. The molecule has 1 aliphatic carbocycles. The molecule has 5 heteroatoms. The minimum absolute atomic E-state index is 0.273. The summed E-state index contributed by atoms with van der Waals surface area (Å²) in [6, 6.07) is -0.509. The molecule has 0 spiro atoms. The van der Waals surface area contributed by atoms with E-state index in [-0.39, 0.29) is 5.92 Å². The lowest BCUT2D eigenvalue weighted by Crippen LogP contribution is -2.50. The normalized spacial score (nSPS) is 22.1. The van der Waals surface area contributed by atoms with Crippen molar-refractivity contribution in [2.75, 3.05) is 0 Å².